The third kappa shape index (κ3) is 9.45. The van der Waals surface area contributed by atoms with Crippen LogP contribution in [0.3, 0.4) is 0 Å². The first-order valence-electron chi connectivity index (χ1n) is 12.7. The Morgan fingerprint density at radius 3 is 2.26 bits per heavy atom. The summed E-state index contributed by atoms with van der Waals surface area (Å²) in [5.74, 6) is -0.133. The molecule has 0 aromatic heterocycles. The van der Waals surface area contributed by atoms with E-state index in [1.807, 2.05) is 20.8 Å². The van der Waals surface area contributed by atoms with E-state index in [-0.39, 0.29) is 48.8 Å². The normalized spacial score (nSPS) is 12.9. The van der Waals surface area contributed by atoms with Crippen LogP contribution in [0.1, 0.15) is 52.0 Å². The van der Waals surface area contributed by atoms with E-state index < -0.39 is 16.1 Å². The zero-order chi connectivity index (χ0) is 29.3. The van der Waals surface area contributed by atoms with Crippen molar-refractivity contribution in [3.63, 3.8) is 0 Å². The number of nitrogens with one attached hydrogen (secondary N) is 1. The number of nitrogens with zero attached hydrogens (tertiary/aromatic N) is 2. The van der Waals surface area contributed by atoms with Crippen molar-refractivity contribution in [3.8, 4) is 5.75 Å². The maximum atomic E-state index is 13.6. The van der Waals surface area contributed by atoms with Crippen molar-refractivity contribution in [2.45, 2.75) is 65.1 Å². The molecule has 2 atom stereocenters. The molecule has 0 radical (unpaired) electrons. The number of carbonyl (C=O) groups is 2. The molecular weight excluding hydrogens is 585 g/mol. The van der Waals surface area contributed by atoms with Crippen LogP contribution in [0.4, 0.5) is 5.69 Å². The lowest BCUT2D eigenvalue weighted by Crippen LogP contribution is -2.50. The number of carbonyl (C=O) groups excluding carboxylic acids is 2. The van der Waals surface area contributed by atoms with Gasteiger partial charge in [-0.15, -0.1) is 0 Å². The molecule has 0 saturated carbocycles. The Morgan fingerprint density at radius 1 is 1.03 bits per heavy atom. The largest absolute Gasteiger partial charge is 0.495 e. The minimum absolute atomic E-state index is 0.00816. The maximum Gasteiger partial charge on any atom is 0.243 e. The summed E-state index contributed by atoms with van der Waals surface area (Å²) in [7, 11) is -2.20. The third-order valence-corrected chi connectivity index (χ3v) is 8.39. The van der Waals surface area contributed by atoms with Crippen LogP contribution in [0.5, 0.6) is 5.75 Å². The summed E-state index contributed by atoms with van der Waals surface area (Å²) in [6, 6.07) is 8.88. The van der Waals surface area contributed by atoms with E-state index in [0.717, 1.165) is 12.7 Å². The molecule has 8 nitrogen and oxygen atoms in total. The highest BCUT2D eigenvalue weighted by molar-refractivity contribution is 7.92. The Bertz CT molecular complexity index is 1260. The van der Waals surface area contributed by atoms with E-state index in [9.17, 15) is 18.0 Å². The summed E-state index contributed by atoms with van der Waals surface area (Å²) in [6.07, 6.45) is 2.45. The molecule has 0 aliphatic rings. The van der Waals surface area contributed by atoms with Crippen molar-refractivity contribution < 1.29 is 22.7 Å². The SMILES string of the molecule is CC[C@@H](C)NC(=O)[C@H](CC)N(Cc1ccc(Cl)cc1Cl)C(=O)CCCN(c1ccc(OC)c(Cl)c1)S(C)(=O)=O. The fourth-order valence-electron chi connectivity index (χ4n) is 4.01. The van der Waals surface area contributed by atoms with Gasteiger partial charge in [0.1, 0.15) is 11.8 Å². The Labute approximate surface area is 246 Å². The fraction of sp³-hybridized carbons (Fsp3) is 0.481. The Kier molecular flexibility index (Phi) is 12.7. The molecule has 0 spiro atoms. The van der Waals surface area contributed by atoms with Gasteiger partial charge >= 0.3 is 0 Å². The monoisotopic (exact) mass is 619 g/mol. The highest BCUT2D eigenvalue weighted by Gasteiger charge is 2.30. The standard InChI is InChI=1S/C27H36Cl3N3O5S/c1-6-18(3)31-27(35)24(7-2)32(17-19-10-11-20(28)15-22(19)29)26(34)9-8-14-33(39(5,36)37)21-12-13-25(38-4)23(30)16-21/h10-13,15-16,18,24H,6-9,14,17H2,1-5H3,(H,31,35)/t18-,24+/m1/s1. The van der Waals surface area contributed by atoms with Gasteiger partial charge < -0.3 is 15.0 Å². The molecule has 0 bridgehead atoms. The smallest absolute Gasteiger partial charge is 0.243 e. The van der Waals surface area contributed by atoms with Gasteiger partial charge in [-0.25, -0.2) is 8.42 Å². The van der Waals surface area contributed by atoms with Gasteiger partial charge in [-0.2, -0.15) is 0 Å². The highest BCUT2D eigenvalue weighted by atomic mass is 35.5. The molecule has 0 aliphatic carbocycles. The third-order valence-electron chi connectivity index (χ3n) is 6.32. The summed E-state index contributed by atoms with van der Waals surface area (Å²) in [4.78, 5) is 28.2. The van der Waals surface area contributed by atoms with E-state index >= 15 is 0 Å². The van der Waals surface area contributed by atoms with Gasteiger partial charge in [0.05, 0.1) is 24.1 Å². The molecule has 0 unspecified atom stereocenters. The Morgan fingerprint density at radius 2 is 1.72 bits per heavy atom. The zero-order valence-electron chi connectivity index (χ0n) is 22.8. The predicted octanol–water partition coefficient (Wildman–Crippen LogP) is 5.92. The van der Waals surface area contributed by atoms with Gasteiger partial charge in [0.15, 0.2) is 0 Å². The number of sulfonamides is 1. The number of methoxy groups -OCH3 is 1. The van der Waals surface area contributed by atoms with Crippen molar-refractivity contribution >= 4 is 62.3 Å². The number of amides is 2. The first-order chi connectivity index (χ1) is 18.3. The average molecular weight is 621 g/mol. The summed E-state index contributed by atoms with van der Waals surface area (Å²) in [6.45, 7) is 5.84. The van der Waals surface area contributed by atoms with Crippen molar-refractivity contribution in [3.05, 3.63) is 57.0 Å². The van der Waals surface area contributed by atoms with Crippen LogP contribution in [0.25, 0.3) is 0 Å². The van der Waals surface area contributed by atoms with E-state index in [0.29, 0.717) is 33.5 Å². The van der Waals surface area contributed by atoms with Gasteiger partial charge in [0.2, 0.25) is 21.8 Å². The predicted molar refractivity (Wildman–Crippen MR) is 158 cm³/mol. The molecule has 0 aliphatic heterocycles. The molecule has 39 heavy (non-hydrogen) atoms. The van der Waals surface area contributed by atoms with Crippen LogP contribution in [-0.2, 0) is 26.2 Å². The maximum absolute atomic E-state index is 13.6. The van der Waals surface area contributed by atoms with Crippen LogP contribution >= 0.6 is 34.8 Å². The lowest BCUT2D eigenvalue weighted by Gasteiger charge is -2.32. The molecule has 0 fully saturated rings. The number of hydrogen-bond acceptors (Lipinski definition) is 5. The van der Waals surface area contributed by atoms with Crippen LogP contribution in [0.15, 0.2) is 36.4 Å². The summed E-state index contributed by atoms with van der Waals surface area (Å²) in [5, 5.41) is 4.07. The number of rotatable bonds is 14. The molecule has 2 amide bonds. The second-order valence-electron chi connectivity index (χ2n) is 9.26. The minimum Gasteiger partial charge on any atom is -0.495 e. The lowest BCUT2D eigenvalue weighted by atomic mass is 10.1. The first kappa shape index (κ1) is 33.0. The van der Waals surface area contributed by atoms with E-state index in [1.165, 1.54) is 22.4 Å². The van der Waals surface area contributed by atoms with Gasteiger partial charge in [-0.05, 0) is 62.1 Å². The van der Waals surface area contributed by atoms with Crippen molar-refractivity contribution in [2.24, 2.45) is 0 Å². The summed E-state index contributed by atoms with van der Waals surface area (Å²) in [5.41, 5.74) is 1.01. The van der Waals surface area contributed by atoms with E-state index in [2.05, 4.69) is 5.32 Å². The average Bonchev–Trinajstić information content (AvgIpc) is 2.86. The number of halogens is 3. The van der Waals surface area contributed by atoms with Gasteiger partial charge in [-0.3, -0.25) is 13.9 Å². The highest BCUT2D eigenvalue weighted by Crippen LogP contribution is 2.30. The molecule has 0 saturated heterocycles. The Balaban J connectivity index is 2.28. The van der Waals surface area contributed by atoms with Crippen LogP contribution < -0.4 is 14.4 Å². The minimum atomic E-state index is -3.67. The number of ether oxygens (including phenoxy) is 1. The molecule has 2 rings (SSSR count). The molecule has 12 heteroatoms. The van der Waals surface area contributed by atoms with Gasteiger partial charge in [0.25, 0.3) is 0 Å². The summed E-state index contributed by atoms with van der Waals surface area (Å²) >= 11 is 18.7. The van der Waals surface area contributed by atoms with Crippen LogP contribution in [-0.4, -0.2) is 57.1 Å². The second kappa shape index (κ2) is 15.0. The van der Waals surface area contributed by atoms with E-state index in [4.69, 9.17) is 39.5 Å². The van der Waals surface area contributed by atoms with Gasteiger partial charge in [-0.1, -0.05) is 54.7 Å². The van der Waals surface area contributed by atoms with Crippen molar-refractivity contribution in [1.29, 1.82) is 0 Å². The van der Waals surface area contributed by atoms with Gasteiger partial charge in [0, 0.05) is 35.6 Å². The fourth-order valence-corrected chi connectivity index (χ4v) is 5.69. The van der Waals surface area contributed by atoms with Crippen molar-refractivity contribution in [2.75, 3.05) is 24.2 Å². The number of anilines is 1. The molecule has 0 heterocycles. The number of hydrogen-bond donors (Lipinski definition) is 1. The Hall–Kier alpha value is -2.20. The molecule has 216 valence electrons. The van der Waals surface area contributed by atoms with E-state index in [1.54, 1.807) is 30.3 Å². The topological polar surface area (TPSA) is 96.0 Å². The molecule has 2 aromatic carbocycles. The quantitative estimate of drug-likeness (QED) is 0.283. The number of benzene rings is 2. The van der Waals surface area contributed by atoms with Crippen LogP contribution in [0.2, 0.25) is 15.1 Å². The molecular formula is C27H36Cl3N3O5S. The molecule has 1 N–H and O–H groups in total. The lowest BCUT2D eigenvalue weighted by molar-refractivity contribution is -0.141. The van der Waals surface area contributed by atoms with Crippen molar-refractivity contribution in [1.82, 2.24) is 10.2 Å². The zero-order valence-corrected chi connectivity index (χ0v) is 25.9. The summed E-state index contributed by atoms with van der Waals surface area (Å²) < 4.78 is 31.5. The molecule has 2 aromatic rings. The van der Waals surface area contributed by atoms with Crippen LogP contribution in [0, 0.1) is 0 Å². The second-order valence-corrected chi connectivity index (χ2v) is 12.4. The first-order valence-corrected chi connectivity index (χ1v) is 15.7.